The van der Waals surface area contributed by atoms with Crippen molar-refractivity contribution < 1.29 is 8.78 Å². The first-order valence-corrected chi connectivity index (χ1v) is 9.40. The maximum atomic E-state index is 13.0. The van der Waals surface area contributed by atoms with Gasteiger partial charge < -0.3 is 0 Å². The molecule has 0 spiro atoms. The highest BCUT2D eigenvalue weighted by atomic mass is 32.2. The Balaban J connectivity index is 1.69. The van der Waals surface area contributed by atoms with Gasteiger partial charge in [0.15, 0.2) is 0 Å². The SMILES string of the molecule is CCCC1CCC(/C=C/C2CSC(F)(F)SC2)CC1. The summed E-state index contributed by atoms with van der Waals surface area (Å²) in [5.41, 5.74) is 0. The quantitative estimate of drug-likeness (QED) is 0.602. The van der Waals surface area contributed by atoms with Crippen molar-refractivity contribution in [1.82, 2.24) is 0 Å². The first kappa shape index (κ1) is 15.7. The number of halogens is 2. The van der Waals surface area contributed by atoms with Gasteiger partial charge in [0, 0.05) is 11.5 Å². The molecule has 0 atom stereocenters. The van der Waals surface area contributed by atoms with Crippen molar-refractivity contribution in [3.63, 3.8) is 0 Å². The van der Waals surface area contributed by atoms with Gasteiger partial charge in [-0.3, -0.25) is 0 Å². The van der Waals surface area contributed by atoms with E-state index in [4.69, 9.17) is 0 Å². The zero-order valence-corrected chi connectivity index (χ0v) is 13.2. The molecule has 2 fully saturated rings. The lowest BCUT2D eigenvalue weighted by molar-refractivity contribution is 0.210. The lowest BCUT2D eigenvalue weighted by Gasteiger charge is -2.28. The molecule has 0 amide bonds. The van der Waals surface area contributed by atoms with E-state index >= 15 is 0 Å². The van der Waals surface area contributed by atoms with E-state index in [9.17, 15) is 8.78 Å². The van der Waals surface area contributed by atoms with Gasteiger partial charge in [0.2, 0.25) is 0 Å². The average Bonchev–Trinajstić information content (AvgIpc) is 2.40. The zero-order chi connectivity index (χ0) is 13.7. The molecule has 0 bridgehead atoms. The molecular weight excluding hydrogens is 282 g/mol. The molecule has 0 N–H and O–H groups in total. The summed E-state index contributed by atoms with van der Waals surface area (Å²) in [7, 11) is 0. The standard InChI is InChI=1S/C15H24F2S2/c1-2-3-12-4-6-13(7-5-12)8-9-14-10-18-15(16,17)19-11-14/h8-9,12-14H,2-7,10-11H2,1H3/b9-8+. The van der Waals surface area contributed by atoms with Crippen LogP contribution in [0.1, 0.15) is 45.4 Å². The molecule has 4 heteroatoms. The van der Waals surface area contributed by atoms with Crippen molar-refractivity contribution in [2.45, 2.75) is 50.0 Å². The van der Waals surface area contributed by atoms with E-state index in [1.165, 1.54) is 38.5 Å². The first-order chi connectivity index (χ1) is 9.09. The third-order valence-corrected chi connectivity index (χ3v) is 6.74. The van der Waals surface area contributed by atoms with Crippen molar-refractivity contribution in [2.75, 3.05) is 11.5 Å². The first-order valence-electron chi connectivity index (χ1n) is 7.43. The number of alkyl halides is 2. The van der Waals surface area contributed by atoms with E-state index < -0.39 is 4.59 Å². The fourth-order valence-electron chi connectivity index (χ4n) is 3.00. The Labute approximate surface area is 124 Å². The molecular formula is C15H24F2S2. The van der Waals surface area contributed by atoms with Crippen LogP contribution in [-0.4, -0.2) is 16.1 Å². The van der Waals surface area contributed by atoms with Gasteiger partial charge in [0.05, 0.1) is 0 Å². The number of allylic oxidation sites excluding steroid dienone is 2. The van der Waals surface area contributed by atoms with Gasteiger partial charge in [-0.05, 0) is 43.4 Å². The average molecular weight is 306 g/mol. The smallest absolute Gasteiger partial charge is 0.182 e. The van der Waals surface area contributed by atoms with Crippen LogP contribution < -0.4 is 0 Å². The summed E-state index contributed by atoms with van der Waals surface area (Å²) in [6.07, 6.45) is 12.5. The third-order valence-electron chi connectivity index (χ3n) is 4.17. The number of hydrogen-bond acceptors (Lipinski definition) is 2. The largest absolute Gasteiger partial charge is 0.341 e. The Morgan fingerprint density at radius 2 is 1.58 bits per heavy atom. The van der Waals surface area contributed by atoms with Crippen molar-refractivity contribution in [2.24, 2.45) is 17.8 Å². The van der Waals surface area contributed by atoms with Crippen LogP contribution in [-0.2, 0) is 0 Å². The van der Waals surface area contributed by atoms with Crippen LogP contribution in [0.5, 0.6) is 0 Å². The fraction of sp³-hybridized carbons (Fsp3) is 0.867. The third kappa shape index (κ3) is 5.30. The second kappa shape index (κ2) is 7.35. The molecule has 0 aromatic heterocycles. The van der Waals surface area contributed by atoms with Gasteiger partial charge in [0.1, 0.15) is 0 Å². The van der Waals surface area contributed by atoms with Crippen LogP contribution in [0.15, 0.2) is 12.2 Å². The van der Waals surface area contributed by atoms with Gasteiger partial charge >= 0.3 is 4.59 Å². The molecule has 1 aliphatic carbocycles. The molecule has 0 nitrogen and oxygen atoms in total. The van der Waals surface area contributed by atoms with E-state index in [0.717, 1.165) is 29.4 Å². The molecule has 2 rings (SSSR count). The van der Waals surface area contributed by atoms with E-state index in [0.29, 0.717) is 23.3 Å². The van der Waals surface area contributed by atoms with Crippen molar-refractivity contribution >= 4 is 23.5 Å². The van der Waals surface area contributed by atoms with Crippen molar-refractivity contribution in [1.29, 1.82) is 0 Å². The maximum Gasteiger partial charge on any atom is 0.341 e. The molecule has 0 radical (unpaired) electrons. The van der Waals surface area contributed by atoms with Gasteiger partial charge in [-0.15, -0.1) is 0 Å². The van der Waals surface area contributed by atoms with Gasteiger partial charge in [-0.25, -0.2) is 0 Å². The molecule has 0 aromatic carbocycles. The number of thioether (sulfide) groups is 2. The van der Waals surface area contributed by atoms with Gasteiger partial charge in [0.25, 0.3) is 0 Å². The Kier molecular flexibility index (Phi) is 6.07. The highest BCUT2D eigenvalue weighted by Crippen LogP contribution is 2.46. The molecule has 1 heterocycles. The summed E-state index contributed by atoms with van der Waals surface area (Å²) in [6.45, 7) is 2.26. The zero-order valence-electron chi connectivity index (χ0n) is 11.6. The Morgan fingerprint density at radius 1 is 1.00 bits per heavy atom. The van der Waals surface area contributed by atoms with E-state index in [1.807, 2.05) is 0 Å². The molecule has 2 aliphatic rings. The predicted octanol–water partition coefficient (Wildman–Crippen LogP) is 5.80. The normalized spacial score (nSPS) is 32.8. The second-order valence-electron chi connectivity index (χ2n) is 5.80. The minimum atomic E-state index is -2.55. The van der Waals surface area contributed by atoms with Crippen LogP contribution in [0, 0.1) is 17.8 Å². The molecule has 1 aliphatic heterocycles. The molecule has 1 saturated carbocycles. The monoisotopic (exact) mass is 306 g/mol. The minimum absolute atomic E-state index is 0.336. The van der Waals surface area contributed by atoms with Gasteiger partial charge in [-0.1, -0.05) is 55.4 Å². The topological polar surface area (TPSA) is 0 Å². The lowest BCUT2D eigenvalue weighted by Crippen LogP contribution is -2.20. The van der Waals surface area contributed by atoms with Crippen LogP contribution in [0.4, 0.5) is 8.78 Å². The summed E-state index contributed by atoms with van der Waals surface area (Å²) in [5.74, 6) is 3.12. The molecule has 0 unspecified atom stereocenters. The Morgan fingerprint density at radius 3 is 2.16 bits per heavy atom. The van der Waals surface area contributed by atoms with Crippen LogP contribution in [0.2, 0.25) is 0 Å². The number of rotatable bonds is 4. The Bertz CT molecular complexity index is 287. The Hall–Kier alpha value is 0.300. The summed E-state index contributed by atoms with van der Waals surface area (Å²) >= 11 is 1.60. The summed E-state index contributed by atoms with van der Waals surface area (Å²) in [5, 5.41) is 0. The van der Waals surface area contributed by atoms with Crippen molar-refractivity contribution in [3.05, 3.63) is 12.2 Å². The second-order valence-corrected chi connectivity index (χ2v) is 8.33. The highest BCUT2D eigenvalue weighted by molar-refractivity contribution is 8.18. The van der Waals surface area contributed by atoms with Crippen molar-refractivity contribution in [3.8, 4) is 0 Å². The number of hydrogen-bond donors (Lipinski definition) is 0. The minimum Gasteiger partial charge on any atom is -0.182 e. The van der Waals surface area contributed by atoms with E-state index in [2.05, 4.69) is 19.1 Å². The highest BCUT2D eigenvalue weighted by Gasteiger charge is 2.36. The van der Waals surface area contributed by atoms with E-state index in [1.54, 1.807) is 0 Å². The van der Waals surface area contributed by atoms with Crippen LogP contribution in [0.3, 0.4) is 0 Å². The summed E-state index contributed by atoms with van der Waals surface area (Å²) in [6, 6.07) is 0. The lowest BCUT2D eigenvalue weighted by atomic mass is 9.80. The maximum absolute atomic E-state index is 13.0. The molecule has 19 heavy (non-hydrogen) atoms. The predicted molar refractivity (Wildman–Crippen MR) is 82.8 cm³/mol. The van der Waals surface area contributed by atoms with Crippen LogP contribution in [0.25, 0.3) is 0 Å². The molecule has 0 aromatic rings. The molecule has 1 saturated heterocycles. The van der Waals surface area contributed by atoms with E-state index in [-0.39, 0.29) is 0 Å². The van der Waals surface area contributed by atoms with Crippen LogP contribution >= 0.6 is 23.5 Å². The molecule has 110 valence electrons. The summed E-state index contributed by atoms with van der Waals surface area (Å²) < 4.78 is 23.4. The van der Waals surface area contributed by atoms with Gasteiger partial charge in [-0.2, -0.15) is 8.78 Å². The fourth-order valence-corrected chi connectivity index (χ4v) is 5.17. The summed E-state index contributed by atoms with van der Waals surface area (Å²) in [4.78, 5) is 0.